The number of nitrogens with one attached hydrogen (secondary N) is 2. The number of halogens is 5. The number of carbonyl (C=O) groups excluding carboxylic acids is 1. The van der Waals surface area contributed by atoms with Gasteiger partial charge in [0.25, 0.3) is 0 Å². The zero-order valence-corrected chi connectivity index (χ0v) is 18.3. The number of guanidine groups is 1. The van der Waals surface area contributed by atoms with Gasteiger partial charge in [0.2, 0.25) is 5.91 Å². The lowest BCUT2D eigenvalue weighted by molar-refractivity contribution is -0.128. The smallest absolute Gasteiger partial charge is 0.387 e. The number of rotatable bonds is 7. The summed E-state index contributed by atoms with van der Waals surface area (Å²) in [5, 5.41) is 6.16. The van der Waals surface area contributed by atoms with Crippen molar-refractivity contribution in [1.82, 2.24) is 15.5 Å². The van der Waals surface area contributed by atoms with Gasteiger partial charge in [-0.1, -0.05) is 23.2 Å². The third-order valence-electron chi connectivity index (χ3n) is 3.09. The number of hydrogen-bond donors (Lipinski definition) is 2. The molecule has 0 aliphatic heterocycles. The van der Waals surface area contributed by atoms with Gasteiger partial charge in [-0.2, -0.15) is 8.78 Å². The lowest BCUT2D eigenvalue weighted by Gasteiger charge is -2.16. The van der Waals surface area contributed by atoms with Crippen LogP contribution in [0.25, 0.3) is 0 Å². The van der Waals surface area contributed by atoms with Crippen molar-refractivity contribution in [3.63, 3.8) is 0 Å². The quantitative estimate of drug-likeness (QED) is 0.326. The first-order valence-corrected chi connectivity index (χ1v) is 8.07. The van der Waals surface area contributed by atoms with Gasteiger partial charge in [0, 0.05) is 51.2 Å². The summed E-state index contributed by atoms with van der Waals surface area (Å²) in [7, 11) is 4.89. The van der Waals surface area contributed by atoms with Gasteiger partial charge < -0.3 is 20.3 Å². The molecule has 0 unspecified atom stereocenters. The van der Waals surface area contributed by atoms with Crippen LogP contribution in [0, 0.1) is 0 Å². The maximum Gasteiger partial charge on any atom is 0.387 e. The number of amides is 1. The molecule has 0 saturated heterocycles. The van der Waals surface area contributed by atoms with Gasteiger partial charge in [0.15, 0.2) is 5.96 Å². The molecule has 0 heterocycles. The molecule has 26 heavy (non-hydrogen) atoms. The molecule has 148 valence electrons. The van der Waals surface area contributed by atoms with Crippen LogP contribution in [0.3, 0.4) is 0 Å². The molecule has 11 heteroatoms. The van der Waals surface area contributed by atoms with Crippen LogP contribution in [-0.4, -0.2) is 51.1 Å². The summed E-state index contributed by atoms with van der Waals surface area (Å²) in [6, 6.07) is 2.80. The molecule has 0 saturated carbocycles. The van der Waals surface area contributed by atoms with Gasteiger partial charge >= 0.3 is 6.61 Å². The highest BCUT2D eigenvalue weighted by Gasteiger charge is 2.15. The largest absolute Gasteiger partial charge is 0.433 e. The third-order valence-corrected chi connectivity index (χ3v) is 3.59. The highest BCUT2D eigenvalue weighted by atomic mass is 127. The summed E-state index contributed by atoms with van der Waals surface area (Å²) in [5.41, 5.74) is 0.352. The van der Waals surface area contributed by atoms with Crippen molar-refractivity contribution < 1.29 is 18.3 Å². The predicted molar refractivity (Wildman–Crippen MR) is 110 cm³/mol. The predicted octanol–water partition coefficient (Wildman–Crippen LogP) is 3.36. The second-order valence-electron chi connectivity index (χ2n) is 5.15. The van der Waals surface area contributed by atoms with Crippen molar-refractivity contribution in [3.8, 4) is 5.75 Å². The number of hydrogen-bond acceptors (Lipinski definition) is 3. The lowest BCUT2D eigenvalue weighted by Crippen LogP contribution is -2.38. The summed E-state index contributed by atoms with van der Waals surface area (Å²) in [6.45, 7) is -2.54. The zero-order valence-electron chi connectivity index (χ0n) is 14.5. The summed E-state index contributed by atoms with van der Waals surface area (Å²) in [5.74, 6) is 0.217. The summed E-state index contributed by atoms with van der Waals surface area (Å²) in [4.78, 5) is 17.0. The van der Waals surface area contributed by atoms with Crippen LogP contribution in [0.4, 0.5) is 8.78 Å². The van der Waals surface area contributed by atoms with Crippen molar-refractivity contribution in [2.45, 2.75) is 19.6 Å². The van der Waals surface area contributed by atoms with Crippen molar-refractivity contribution in [3.05, 3.63) is 27.7 Å². The molecule has 2 N–H and O–H groups in total. The van der Waals surface area contributed by atoms with E-state index in [9.17, 15) is 13.6 Å². The van der Waals surface area contributed by atoms with E-state index in [4.69, 9.17) is 23.2 Å². The molecule has 0 fully saturated rings. The number of benzene rings is 1. The van der Waals surface area contributed by atoms with E-state index >= 15 is 0 Å². The van der Waals surface area contributed by atoms with E-state index in [1.54, 1.807) is 21.1 Å². The van der Waals surface area contributed by atoms with E-state index in [0.29, 0.717) is 23.1 Å². The first-order chi connectivity index (χ1) is 11.7. The minimum atomic E-state index is -3.01. The molecule has 0 radical (unpaired) electrons. The number of alkyl halides is 2. The fourth-order valence-electron chi connectivity index (χ4n) is 1.88. The first kappa shape index (κ1) is 24.9. The Labute approximate surface area is 178 Å². The summed E-state index contributed by atoms with van der Waals surface area (Å²) in [6.07, 6.45) is 0.288. The SMILES string of the molecule is CN=C(NCCC(=O)N(C)C)NCc1cc(Cl)cc(Cl)c1OC(F)F.I. The van der Waals surface area contributed by atoms with Gasteiger partial charge in [0.05, 0.1) is 5.02 Å². The molecule has 0 aliphatic carbocycles. The second kappa shape index (κ2) is 12.3. The van der Waals surface area contributed by atoms with E-state index in [-0.39, 0.29) is 53.6 Å². The van der Waals surface area contributed by atoms with Gasteiger partial charge in [-0.05, 0) is 12.1 Å². The molecular formula is C15H21Cl2F2IN4O2. The lowest BCUT2D eigenvalue weighted by atomic mass is 10.2. The Morgan fingerprint density at radius 1 is 1.31 bits per heavy atom. The number of carbonyl (C=O) groups is 1. The topological polar surface area (TPSA) is 66.0 Å². The van der Waals surface area contributed by atoms with Crippen molar-refractivity contribution in [2.75, 3.05) is 27.7 Å². The monoisotopic (exact) mass is 524 g/mol. The maximum absolute atomic E-state index is 12.5. The fraction of sp³-hybridized carbons (Fsp3) is 0.467. The Morgan fingerprint density at radius 3 is 2.50 bits per heavy atom. The minimum absolute atomic E-state index is 0. The molecule has 0 bridgehead atoms. The molecule has 1 aromatic carbocycles. The Kier molecular flexibility index (Phi) is 11.8. The van der Waals surface area contributed by atoms with Crippen LogP contribution in [0.1, 0.15) is 12.0 Å². The van der Waals surface area contributed by atoms with Crippen LogP contribution in [0.5, 0.6) is 5.75 Å². The number of ether oxygens (including phenoxy) is 1. The Bertz CT molecular complexity index is 634. The fourth-order valence-corrected chi connectivity index (χ4v) is 2.46. The Balaban J connectivity index is 0.00000625. The first-order valence-electron chi connectivity index (χ1n) is 7.32. The highest BCUT2D eigenvalue weighted by Crippen LogP contribution is 2.33. The highest BCUT2D eigenvalue weighted by molar-refractivity contribution is 14.0. The van der Waals surface area contributed by atoms with E-state index in [1.807, 2.05) is 0 Å². The van der Waals surface area contributed by atoms with Crippen LogP contribution < -0.4 is 15.4 Å². The van der Waals surface area contributed by atoms with E-state index in [2.05, 4.69) is 20.4 Å². The second-order valence-corrected chi connectivity index (χ2v) is 5.99. The molecule has 1 rings (SSSR count). The Morgan fingerprint density at radius 2 is 1.96 bits per heavy atom. The Hall–Kier alpha value is -1.07. The molecule has 1 aromatic rings. The molecule has 0 atom stereocenters. The van der Waals surface area contributed by atoms with Crippen LogP contribution >= 0.6 is 47.2 Å². The average molecular weight is 525 g/mol. The molecule has 0 spiro atoms. The van der Waals surface area contributed by atoms with Gasteiger partial charge in [-0.25, -0.2) is 0 Å². The van der Waals surface area contributed by atoms with Crippen molar-refractivity contribution in [2.24, 2.45) is 4.99 Å². The van der Waals surface area contributed by atoms with E-state index in [0.717, 1.165) is 0 Å². The van der Waals surface area contributed by atoms with Gasteiger partial charge in [0.1, 0.15) is 5.75 Å². The average Bonchev–Trinajstić information content (AvgIpc) is 2.52. The summed E-state index contributed by atoms with van der Waals surface area (Å²) >= 11 is 11.8. The molecule has 1 amide bonds. The van der Waals surface area contributed by atoms with E-state index < -0.39 is 6.61 Å². The normalized spacial score (nSPS) is 11.0. The standard InChI is InChI=1S/C15H20Cl2F2N4O2.HI/c1-20-15(21-5-4-12(24)23(2)3)22-8-9-6-10(16)7-11(17)13(9)25-14(18)19;/h6-7,14H,4-5,8H2,1-3H3,(H2,20,21,22);1H. The van der Waals surface area contributed by atoms with Crippen LogP contribution in [-0.2, 0) is 11.3 Å². The van der Waals surface area contributed by atoms with Crippen LogP contribution in [0.15, 0.2) is 17.1 Å². The molecular weight excluding hydrogens is 504 g/mol. The van der Waals surface area contributed by atoms with Gasteiger partial charge in [-0.15, -0.1) is 24.0 Å². The van der Waals surface area contributed by atoms with Crippen LogP contribution in [0.2, 0.25) is 10.0 Å². The van der Waals surface area contributed by atoms with Gasteiger partial charge in [-0.3, -0.25) is 9.79 Å². The van der Waals surface area contributed by atoms with Crippen molar-refractivity contribution >= 4 is 59.0 Å². The van der Waals surface area contributed by atoms with Crippen molar-refractivity contribution in [1.29, 1.82) is 0 Å². The van der Waals surface area contributed by atoms with E-state index in [1.165, 1.54) is 17.0 Å². The maximum atomic E-state index is 12.5. The molecule has 0 aromatic heterocycles. The molecule has 0 aliphatic rings. The summed E-state index contributed by atoms with van der Waals surface area (Å²) < 4.78 is 29.6. The number of aliphatic imine (C=N–C) groups is 1. The third kappa shape index (κ3) is 8.54. The zero-order chi connectivity index (χ0) is 19.0. The molecule has 6 nitrogen and oxygen atoms in total. The minimum Gasteiger partial charge on any atom is -0.433 e. The number of nitrogens with zero attached hydrogens (tertiary/aromatic N) is 2.